The smallest absolute Gasteiger partial charge is 0.261 e. The molecule has 1 aromatic heterocycles. The van der Waals surface area contributed by atoms with E-state index in [9.17, 15) is 4.79 Å². The number of pyridine rings is 1. The molecule has 0 aliphatic heterocycles. The van der Waals surface area contributed by atoms with Crippen LogP contribution in [0.5, 0.6) is 11.5 Å². The van der Waals surface area contributed by atoms with E-state index in [1.165, 1.54) is 0 Å². The van der Waals surface area contributed by atoms with E-state index in [1.54, 1.807) is 25.4 Å². The lowest BCUT2D eigenvalue weighted by Crippen LogP contribution is -2.37. The number of carbonyl (C=O) groups is 1. The predicted octanol–water partition coefficient (Wildman–Crippen LogP) is 2.56. The molecule has 0 radical (unpaired) electrons. The van der Waals surface area contributed by atoms with Crippen molar-refractivity contribution in [2.75, 3.05) is 7.11 Å². The Balaban J connectivity index is 1.97. The molecule has 0 fully saturated rings. The lowest BCUT2D eigenvalue weighted by Gasteiger charge is -2.18. The normalized spacial score (nSPS) is 11.5. The number of carbonyl (C=O) groups excluding carboxylic acids is 1. The summed E-state index contributed by atoms with van der Waals surface area (Å²) in [5.41, 5.74) is 0.808. The average molecular weight is 300 g/mol. The lowest BCUT2D eigenvalue weighted by molar-refractivity contribution is -0.128. The molecule has 1 aromatic carbocycles. The lowest BCUT2D eigenvalue weighted by atomic mass is 10.2. The van der Waals surface area contributed by atoms with Gasteiger partial charge in [0.05, 0.1) is 19.3 Å². The zero-order valence-corrected chi connectivity index (χ0v) is 12.8. The van der Waals surface area contributed by atoms with Crippen molar-refractivity contribution in [2.24, 2.45) is 0 Å². The average Bonchev–Trinajstić information content (AvgIpc) is 2.58. The molecular weight excluding hydrogens is 280 g/mol. The largest absolute Gasteiger partial charge is 0.493 e. The Bertz CT molecular complexity index is 602. The maximum absolute atomic E-state index is 12.2. The molecule has 0 bridgehead atoms. The summed E-state index contributed by atoms with van der Waals surface area (Å²) in [6, 6.07) is 12.9. The highest BCUT2D eigenvalue weighted by atomic mass is 16.5. The van der Waals surface area contributed by atoms with Gasteiger partial charge in [0, 0.05) is 6.20 Å². The van der Waals surface area contributed by atoms with Crippen LogP contribution in [0.2, 0.25) is 0 Å². The number of aromatic nitrogens is 1. The molecule has 0 unspecified atom stereocenters. The summed E-state index contributed by atoms with van der Waals surface area (Å²) in [6.45, 7) is 2.28. The van der Waals surface area contributed by atoms with Gasteiger partial charge in [-0.25, -0.2) is 0 Å². The fourth-order valence-electron chi connectivity index (χ4n) is 1.99. The van der Waals surface area contributed by atoms with Gasteiger partial charge in [0.1, 0.15) is 0 Å². The van der Waals surface area contributed by atoms with Gasteiger partial charge >= 0.3 is 0 Å². The van der Waals surface area contributed by atoms with E-state index in [4.69, 9.17) is 9.47 Å². The molecule has 1 N–H and O–H groups in total. The number of ether oxygens (including phenoxy) is 2. The molecule has 0 aliphatic carbocycles. The standard InChI is InChI=1S/C17H20N2O3/c1-3-14(22-16-10-5-4-9-15(16)21-2)17(20)19-12-13-8-6-7-11-18-13/h4-11,14H,3,12H2,1-2H3,(H,19,20)/t14-/m1/s1. The third-order valence-corrected chi connectivity index (χ3v) is 3.17. The number of methoxy groups -OCH3 is 1. The zero-order valence-electron chi connectivity index (χ0n) is 12.8. The first-order valence-corrected chi connectivity index (χ1v) is 7.22. The van der Waals surface area contributed by atoms with Crippen molar-refractivity contribution in [2.45, 2.75) is 26.0 Å². The quantitative estimate of drug-likeness (QED) is 0.853. The van der Waals surface area contributed by atoms with Crippen LogP contribution in [-0.4, -0.2) is 24.1 Å². The molecule has 22 heavy (non-hydrogen) atoms. The Labute approximate surface area is 130 Å². The monoisotopic (exact) mass is 300 g/mol. The highest BCUT2D eigenvalue weighted by molar-refractivity contribution is 5.81. The summed E-state index contributed by atoms with van der Waals surface area (Å²) in [4.78, 5) is 16.4. The summed E-state index contributed by atoms with van der Waals surface area (Å²) in [5, 5.41) is 2.84. The summed E-state index contributed by atoms with van der Waals surface area (Å²) >= 11 is 0. The number of nitrogens with zero attached hydrogens (tertiary/aromatic N) is 1. The van der Waals surface area contributed by atoms with Crippen molar-refractivity contribution >= 4 is 5.91 Å². The second-order valence-corrected chi connectivity index (χ2v) is 4.70. The van der Waals surface area contributed by atoms with Crippen molar-refractivity contribution in [3.05, 3.63) is 54.4 Å². The van der Waals surface area contributed by atoms with Crippen molar-refractivity contribution in [3.63, 3.8) is 0 Å². The van der Waals surface area contributed by atoms with Crippen LogP contribution in [0, 0.1) is 0 Å². The minimum absolute atomic E-state index is 0.168. The molecular formula is C17H20N2O3. The van der Waals surface area contributed by atoms with Crippen LogP contribution in [0.1, 0.15) is 19.0 Å². The number of amides is 1. The molecule has 0 aliphatic rings. The number of hydrogen-bond donors (Lipinski definition) is 1. The van der Waals surface area contributed by atoms with Crippen LogP contribution in [0.25, 0.3) is 0 Å². The van der Waals surface area contributed by atoms with Gasteiger partial charge in [0.2, 0.25) is 0 Å². The number of hydrogen-bond acceptors (Lipinski definition) is 4. The second-order valence-electron chi connectivity index (χ2n) is 4.70. The third-order valence-electron chi connectivity index (χ3n) is 3.17. The van der Waals surface area contributed by atoms with Crippen LogP contribution < -0.4 is 14.8 Å². The van der Waals surface area contributed by atoms with Gasteiger partial charge in [-0.1, -0.05) is 25.1 Å². The molecule has 0 spiro atoms. The minimum atomic E-state index is -0.569. The van der Waals surface area contributed by atoms with Gasteiger partial charge in [-0.15, -0.1) is 0 Å². The van der Waals surface area contributed by atoms with Crippen LogP contribution >= 0.6 is 0 Å². The van der Waals surface area contributed by atoms with E-state index in [0.717, 1.165) is 5.69 Å². The minimum Gasteiger partial charge on any atom is -0.493 e. The molecule has 1 atom stereocenters. The summed E-state index contributed by atoms with van der Waals surface area (Å²) in [5.74, 6) is 1.00. The first-order valence-electron chi connectivity index (χ1n) is 7.22. The fourth-order valence-corrected chi connectivity index (χ4v) is 1.99. The van der Waals surface area contributed by atoms with Gasteiger partial charge in [-0.2, -0.15) is 0 Å². The van der Waals surface area contributed by atoms with Crippen LogP contribution in [0.4, 0.5) is 0 Å². The van der Waals surface area contributed by atoms with E-state index < -0.39 is 6.10 Å². The molecule has 1 amide bonds. The second kappa shape index (κ2) is 8.02. The van der Waals surface area contributed by atoms with E-state index in [-0.39, 0.29) is 5.91 Å². The van der Waals surface area contributed by atoms with E-state index >= 15 is 0 Å². The van der Waals surface area contributed by atoms with Crippen LogP contribution in [0.15, 0.2) is 48.7 Å². The number of benzene rings is 1. The van der Waals surface area contributed by atoms with E-state index in [0.29, 0.717) is 24.5 Å². The number of nitrogens with one attached hydrogen (secondary N) is 1. The molecule has 116 valence electrons. The summed E-state index contributed by atoms with van der Waals surface area (Å²) < 4.78 is 11.0. The Morgan fingerprint density at radius 3 is 2.55 bits per heavy atom. The molecule has 1 heterocycles. The number of rotatable bonds is 7. The zero-order chi connectivity index (χ0) is 15.8. The van der Waals surface area contributed by atoms with Crippen LogP contribution in [0.3, 0.4) is 0 Å². The molecule has 0 saturated carbocycles. The highest BCUT2D eigenvalue weighted by Crippen LogP contribution is 2.27. The molecule has 2 rings (SSSR count). The van der Waals surface area contributed by atoms with Crippen molar-refractivity contribution < 1.29 is 14.3 Å². The molecule has 0 saturated heterocycles. The Hall–Kier alpha value is -2.56. The topological polar surface area (TPSA) is 60.5 Å². The van der Waals surface area contributed by atoms with Crippen molar-refractivity contribution in [1.29, 1.82) is 0 Å². The van der Waals surface area contributed by atoms with Crippen LogP contribution in [-0.2, 0) is 11.3 Å². The van der Waals surface area contributed by atoms with Gasteiger partial charge in [0.25, 0.3) is 5.91 Å². The van der Waals surface area contributed by atoms with Crippen molar-refractivity contribution in [1.82, 2.24) is 10.3 Å². The van der Waals surface area contributed by atoms with E-state index in [1.807, 2.05) is 37.3 Å². The third kappa shape index (κ3) is 4.22. The number of para-hydroxylation sites is 2. The Morgan fingerprint density at radius 2 is 1.91 bits per heavy atom. The van der Waals surface area contributed by atoms with Gasteiger partial charge in [-0.3, -0.25) is 9.78 Å². The molecule has 5 nitrogen and oxygen atoms in total. The molecule has 2 aromatic rings. The predicted molar refractivity (Wildman–Crippen MR) is 83.8 cm³/mol. The Morgan fingerprint density at radius 1 is 1.18 bits per heavy atom. The van der Waals surface area contributed by atoms with Crippen molar-refractivity contribution in [3.8, 4) is 11.5 Å². The van der Waals surface area contributed by atoms with Gasteiger partial charge in [0.15, 0.2) is 17.6 Å². The Kier molecular flexibility index (Phi) is 5.77. The maximum atomic E-state index is 12.2. The van der Waals surface area contributed by atoms with Gasteiger partial charge < -0.3 is 14.8 Å². The first kappa shape index (κ1) is 15.8. The first-order chi connectivity index (χ1) is 10.7. The molecule has 5 heteroatoms. The fraction of sp³-hybridized carbons (Fsp3) is 0.294. The SMILES string of the molecule is CC[C@@H](Oc1ccccc1OC)C(=O)NCc1ccccn1. The maximum Gasteiger partial charge on any atom is 0.261 e. The highest BCUT2D eigenvalue weighted by Gasteiger charge is 2.19. The van der Waals surface area contributed by atoms with Gasteiger partial charge in [-0.05, 0) is 30.7 Å². The summed E-state index contributed by atoms with van der Waals surface area (Å²) in [7, 11) is 1.57. The van der Waals surface area contributed by atoms with E-state index in [2.05, 4.69) is 10.3 Å². The summed E-state index contributed by atoms with van der Waals surface area (Å²) in [6.07, 6.45) is 1.69.